The lowest BCUT2D eigenvalue weighted by Crippen LogP contribution is -2.40. The van der Waals surface area contributed by atoms with Gasteiger partial charge in [0.25, 0.3) is 5.91 Å². The first-order valence-electron chi connectivity index (χ1n) is 9.12. The molecule has 1 atom stereocenters. The average molecular weight is 372 g/mol. The topological polar surface area (TPSA) is 49.1 Å². The van der Waals surface area contributed by atoms with Gasteiger partial charge in [0.05, 0.1) is 18.5 Å². The van der Waals surface area contributed by atoms with Gasteiger partial charge in [-0.05, 0) is 44.1 Å². The summed E-state index contributed by atoms with van der Waals surface area (Å²) in [7, 11) is 0. The van der Waals surface area contributed by atoms with Gasteiger partial charge in [0, 0.05) is 17.0 Å². The molecule has 1 unspecified atom stereocenters. The molecule has 0 spiro atoms. The summed E-state index contributed by atoms with van der Waals surface area (Å²) < 4.78 is 5.59. The molecule has 136 valence electrons. The van der Waals surface area contributed by atoms with E-state index < -0.39 is 0 Å². The lowest BCUT2D eigenvalue weighted by atomic mass is 10.0. The fourth-order valence-corrected chi connectivity index (χ4v) is 3.93. The Morgan fingerprint density at radius 1 is 1.15 bits per heavy atom. The summed E-state index contributed by atoms with van der Waals surface area (Å²) in [5.41, 5.74) is 1.70. The van der Waals surface area contributed by atoms with E-state index in [2.05, 4.69) is 10.0 Å². The summed E-state index contributed by atoms with van der Waals surface area (Å²) in [5.74, 6) is 0.762. The Balaban J connectivity index is 1.59. The molecule has 1 fully saturated rings. The van der Waals surface area contributed by atoms with E-state index in [4.69, 9.17) is 16.0 Å². The number of hydrazone groups is 1. The number of benzene rings is 1. The van der Waals surface area contributed by atoms with Crippen LogP contribution in [0.15, 0.2) is 52.2 Å². The van der Waals surface area contributed by atoms with Gasteiger partial charge in [0.2, 0.25) is 0 Å². The van der Waals surface area contributed by atoms with Gasteiger partial charge in [-0.15, -0.1) is 0 Å². The average Bonchev–Trinajstić information content (AvgIpc) is 3.32. The summed E-state index contributed by atoms with van der Waals surface area (Å²) in [6, 6.07) is 11.1. The molecule has 0 aliphatic carbocycles. The lowest BCUT2D eigenvalue weighted by Gasteiger charge is -2.28. The van der Waals surface area contributed by atoms with E-state index in [0.29, 0.717) is 18.0 Å². The summed E-state index contributed by atoms with van der Waals surface area (Å²) in [4.78, 5) is 15.2. The fraction of sp³-hybridized carbons (Fsp3) is 0.400. The van der Waals surface area contributed by atoms with Crippen molar-refractivity contribution < 1.29 is 9.21 Å². The third kappa shape index (κ3) is 3.55. The quantitative estimate of drug-likeness (QED) is 0.813. The first-order valence-corrected chi connectivity index (χ1v) is 9.50. The van der Waals surface area contributed by atoms with E-state index in [1.165, 1.54) is 6.42 Å². The van der Waals surface area contributed by atoms with Crippen LogP contribution < -0.4 is 0 Å². The monoisotopic (exact) mass is 371 g/mol. The second kappa shape index (κ2) is 7.64. The fourth-order valence-electron chi connectivity index (χ4n) is 3.68. The van der Waals surface area contributed by atoms with E-state index in [9.17, 15) is 4.79 Å². The van der Waals surface area contributed by atoms with Crippen molar-refractivity contribution in [3.8, 4) is 0 Å². The molecule has 6 heteroatoms. The standard InChI is InChI=1S/C20H22ClN3O2/c21-16-8-3-2-7-15(16)17-13-18(19-9-6-12-26-19)24(22-17)20(25)14-23-10-4-1-5-11-23/h2-3,6-9,12,18H,1,4-5,10-11,13-14H2. The Morgan fingerprint density at radius 3 is 2.69 bits per heavy atom. The van der Waals surface area contributed by atoms with E-state index in [-0.39, 0.29) is 11.9 Å². The molecule has 2 aromatic rings. The van der Waals surface area contributed by atoms with Gasteiger partial charge in [0.1, 0.15) is 11.8 Å². The molecule has 1 aromatic carbocycles. The smallest absolute Gasteiger partial charge is 0.257 e. The highest BCUT2D eigenvalue weighted by atomic mass is 35.5. The van der Waals surface area contributed by atoms with Gasteiger partial charge < -0.3 is 4.42 Å². The number of halogens is 1. The minimum atomic E-state index is -0.214. The number of amides is 1. The Kier molecular flexibility index (Phi) is 5.09. The number of carbonyl (C=O) groups is 1. The highest BCUT2D eigenvalue weighted by Gasteiger charge is 2.35. The molecule has 4 rings (SSSR count). The maximum Gasteiger partial charge on any atom is 0.257 e. The molecule has 0 radical (unpaired) electrons. The summed E-state index contributed by atoms with van der Waals surface area (Å²) >= 11 is 6.34. The van der Waals surface area contributed by atoms with Crippen LogP contribution in [0.5, 0.6) is 0 Å². The number of hydrogen-bond donors (Lipinski definition) is 0. The maximum atomic E-state index is 13.0. The number of carbonyl (C=O) groups excluding carboxylic acids is 1. The lowest BCUT2D eigenvalue weighted by molar-refractivity contribution is -0.134. The van der Waals surface area contributed by atoms with Crippen LogP contribution in [-0.2, 0) is 4.79 Å². The molecule has 26 heavy (non-hydrogen) atoms. The predicted molar refractivity (Wildman–Crippen MR) is 101 cm³/mol. The molecule has 2 aliphatic rings. The van der Waals surface area contributed by atoms with Crippen molar-refractivity contribution in [3.05, 3.63) is 59.0 Å². The van der Waals surface area contributed by atoms with Crippen molar-refractivity contribution in [1.29, 1.82) is 0 Å². The Labute approximate surface area is 158 Å². The maximum absolute atomic E-state index is 13.0. The molecule has 1 aromatic heterocycles. The van der Waals surface area contributed by atoms with Crippen molar-refractivity contribution in [2.75, 3.05) is 19.6 Å². The second-order valence-electron chi connectivity index (χ2n) is 6.84. The molecule has 3 heterocycles. The van der Waals surface area contributed by atoms with Crippen LogP contribution in [0.1, 0.15) is 43.0 Å². The molecule has 1 amide bonds. The largest absolute Gasteiger partial charge is 0.467 e. The van der Waals surface area contributed by atoms with Gasteiger partial charge in [-0.3, -0.25) is 9.69 Å². The Morgan fingerprint density at radius 2 is 1.96 bits per heavy atom. The molecule has 0 N–H and O–H groups in total. The van der Waals surface area contributed by atoms with Crippen molar-refractivity contribution >= 4 is 23.2 Å². The molecular weight excluding hydrogens is 350 g/mol. The van der Waals surface area contributed by atoms with Gasteiger partial charge in [0.15, 0.2) is 0 Å². The molecule has 5 nitrogen and oxygen atoms in total. The van der Waals surface area contributed by atoms with E-state index in [1.54, 1.807) is 11.3 Å². The van der Waals surface area contributed by atoms with Crippen LogP contribution >= 0.6 is 11.6 Å². The predicted octanol–water partition coefficient (Wildman–Crippen LogP) is 4.10. The zero-order valence-corrected chi connectivity index (χ0v) is 15.4. The number of piperidine rings is 1. The van der Waals surface area contributed by atoms with Gasteiger partial charge in [-0.25, -0.2) is 5.01 Å². The minimum Gasteiger partial charge on any atom is -0.467 e. The van der Waals surface area contributed by atoms with Crippen molar-refractivity contribution in [2.45, 2.75) is 31.7 Å². The third-order valence-electron chi connectivity index (χ3n) is 5.03. The highest BCUT2D eigenvalue weighted by Crippen LogP contribution is 2.34. The number of rotatable bonds is 4. The Bertz CT molecular complexity index is 797. The highest BCUT2D eigenvalue weighted by molar-refractivity contribution is 6.34. The van der Waals surface area contributed by atoms with Crippen LogP contribution in [0.4, 0.5) is 0 Å². The summed E-state index contributed by atoms with van der Waals surface area (Å²) in [5, 5.41) is 6.89. The summed E-state index contributed by atoms with van der Waals surface area (Å²) in [6.45, 7) is 2.36. The first-order chi connectivity index (χ1) is 12.7. The van der Waals surface area contributed by atoms with E-state index >= 15 is 0 Å². The van der Waals surface area contributed by atoms with E-state index in [1.807, 2.05) is 36.4 Å². The van der Waals surface area contributed by atoms with Crippen LogP contribution in [0.25, 0.3) is 0 Å². The number of nitrogens with zero attached hydrogens (tertiary/aromatic N) is 3. The van der Waals surface area contributed by atoms with Gasteiger partial charge >= 0.3 is 0 Å². The summed E-state index contributed by atoms with van der Waals surface area (Å²) in [6.07, 6.45) is 5.80. The molecule has 0 saturated carbocycles. The number of furan rings is 1. The van der Waals surface area contributed by atoms with Gasteiger partial charge in [-0.1, -0.05) is 36.2 Å². The molecule has 2 aliphatic heterocycles. The van der Waals surface area contributed by atoms with E-state index in [0.717, 1.165) is 43.0 Å². The SMILES string of the molecule is O=C(CN1CCCCC1)N1N=C(c2ccccc2Cl)CC1c1ccco1. The zero-order valence-electron chi connectivity index (χ0n) is 14.6. The van der Waals surface area contributed by atoms with Gasteiger partial charge in [-0.2, -0.15) is 5.10 Å². The number of likely N-dealkylation sites (tertiary alicyclic amines) is 1. The molecule has 1 saturated heterocycles. The number of hydrogen-bond acceptors (Lipinski definition) is 4. The third-order valence-corrected chi connectivity index (χ3v) is 5.36. The van der Waals surface area contributed by atoms with Crippen molar-refractivity contribution in [3.63, 3.8) is 0 Å². The van der Waals surface area contributed by atoms with Crippen LogP contribution in [-0.4, -0.2) is 41.2 Å². The van der Waals surface area contributed by atoms with Crippen LogP contribution in [0, 0.1) is 0 Å². The van der Waals surface area contributed by atoms with Crippen LogP contribution in [0.3, 0.4) is 0 Å². The zero-order chi connectivity index (χ0) is 17.9. The normalized spacial score (nSPS) is 21.0. The molecule has 0 bridgehead atoms. The molecular formula is C20H22ClN3O2. The minimum absolute atomic E-state index is 0.00959. The Hall–Kier alpha value is -2.11. The first kappa shape index (κ1) is 17.3. The van der Waals surface area contributed by atoms with Crippen molar-refractivity contribution in [1.82, 2.24) is 9.91 Å². The second-order valence-corrected chi connectivity index (χ2v) is 7.24. The van der Waals surface area contributed by atoms with Crippen molar-refractivity contribution in [2.24, 2.45) is 5.10 Å². The van der Waals surface area contributed by atoms with Crippen LogP contribution in [0.2, 0.25) is 5.02 Å².